The highest BCUT2D eigenvalue weighted by atomic mass is 79.9. The maximum atomic E-state index is 3.52. The Balaban J connectivity index is 2.10. The first-order valence-electron chi connectivity index (χ1n) is 4.97. The SMILES string of the molecule is Brc1ccc2c(c1)Sc1cc(Br)ccc1C2. The molecule has 3 heteroatoms. The molecule has 0 saturated heterocycles. The summed E-state index contributed by atoms with van der Waals surface area (Å²) >= 11 is 8.90. The van der Waals surface area contributed by atoms with Crippen molar-refractivity contribution >= 4 is 43.6 Å². The van der Waals surface area contributed by atoms with Crippen LogP contribution in [0.3, 0.4) is 0 Å². The van der Waals surface area contributed by atoms with Crippen LogP contribution in [-0.2, 0) is 6.42 Å². The van der Waals surface area contributed by atoms with Gasteiger partial charge in [0.25, 0.3) is 0 Å². The molecule has 0 nitrogen and oxygen atoms in total. The van der Waals surface area contributed by atoms with E-state index in [2.05, 4.69) is 68.3 Å². The lowest BCUT2D eigenvalue weighted by molar-refractivity contribution is 1.05. The topological polar surface area (TPSA) is 0 Å². The van der Waals surface area contributed by atoms with Gasteiger partial charge in [0.15, 0.2) is 0 Å². The molecule has 0 saturated carbocycles. The van der Waals surface area contributed by atoms with Gasteiger partial charge in [0.2, 0.25) is 0 Å². The quantitative estimate of drug-likeness (QED) is 0.529. The number of halogens is 2. The minimum atomic E-state index is 1.04. The first-order chi connectivity index (χ1) is 7.72. The summed E-state index contributed by atoms with van der Waals surface area (Å²) in [6, 6.07) is 13.0. The highest BCUT2D eigenvalue weighted by Gasteiger charge is 2.16. The van der Waals surface area contributed by atoms with E-state index in [4.69, 9.17) is 0 Å². The van der Waals surface area contributed by atoms with E-state index in [-0.39, 0.29) is 0 Å². The molecule has 0 aliphatic carbocycles. The van der Waals surface area contributed by atoms with E-state index in [1.165, 1.54) is 20.9 Å². The molecule has 0 spiro atoms. The Morgan fingerprint density at radius 1 is 0.812 bits per heavy atom. The second-order valence-corrected chi connectivity index (χ2v) is 6.70. The fraction of sp³-hybridized carbons (Fsp3) is 0.0769. The molecule has 2 aromatic rings. The molecular formula is C13H8Br2S. The van der Waals surface area contributed by atoms with Crippen molar-refractivity contribution < 1.29 is 0 Å². The lowest BCUT2D eigenvalue weighted by Gasteiger charge is -2.19. The highest BCUT2D eigenvalue weighted by Crippen LogP contribution is 2.41. The minimum absolute atomic E-state index is 1.04. The van der Waals surface area contributed by atoms with Crippen molar-refractivity contribution in [2.75, 3.05) is 0 Å². The van der Waals surface area contributed by atoms with Gasteiger partial charge in [-0.15, -0.1) is 0 Å². The highest BCUT2D eigenvalue weighted by molar-refractivity contribution is 9.10. The van der Waals surface area contributed by atoms with E-state index in [1.807, 2.05) is 11.8 Å². The van der Waals surface area contributed by atoms with Crippen LogP contribution in [-0.4, -0.2) is 0 Å². The zero-order chi connectivity index (χ0) is 11.1. The van der Waals surface area contributed by atoms with Crippen molar-refractivity contribution in [2.45, 2.75) is 16.2 Å². The molecule has 0 aromatic heterocycles. The fourth-order valence-corrected chi connectivity index (χ4v) is 4.04. The largest absolute Gasteiger partial charge is 0.0894 e. The standard InChI is InChI=1S/C13H8Br2S/c14-10-3-1-8-5-9-2-4-11(15)7-13(9)16-12(8)6-10/h1-4,6-7H,5H2. The van der Waals surface area contributed by atoms with Gasteiger partial charge >= 0.3 is 0 Å². The van der Waals surface area contributed by atoms with Gasteiger partial charge in [-0.1, -0.05) is 55.8 Å². The molecule has 0 N–H and O–H groups in total. The van der Waals surface area contributed by atoms with Crippen LogP contribution in [0.5, 0.6) is 0 Å². The van der Waals surface area contributed by atoms with E-state index in [0.717, 1.165) is 15.4 Å². The maximum absolute atomic E-state index is 3.52. The van der Waals surface area contributed by atoms with Crippen molar-refractivity contribution in [3.05, 3.63) is 56.5 Å². The third-order valence-corrected chi connectivity index (χ3v) is 4.85. The van der Waals surface area contributed by atoms with Crippen LogP contribution in [0.25, 0.3) is 0 Å². The zero-order valence-corrected chi connectivity index (χ0v) is 12.3. The first kappa shape index (κ1) is 10.9. The molecule has 2 aromatic carbocycles. The number of hydrogen-bond donors (Lipinski definition) is 0. The Morgan fingerprint density at radius 2 is 1.31 bits per heavy atom. The van der Waals surface area contributed by atoms with Crippen LogP contribution < -0.4 is 0 Å². The van der Waals surface area contributed by atoms with E-state index >= 15 is 0 Å². The van der Waals surface area contributed by atoms with Crippen LogP contribution >= 0.6 is 43.6 Å². The molecule has 0 fully saturated rings. The van der Waals surface area contributed by atoms with Gasteiger partial charge in [0.1, 0.15) is 0 Å². The molecular weight excluding hydrogens is 348 g/mol. The lowest BCUT2D eigenvalue weighted by atomic mass is 10.0. The van der Waals surface area contributed by atoms with E-state index in [0.29, 0.717) is 0 Å². The summed E-state index contributed by atoms with van der Waals surface area (Å²) in [6.45, 7) is 0. The number of benzene rings is 2. The zero-order valence-electron chi connectivity index (χ0n) is 8.34. The van der Waals surface area contributed by atoms with Crippen LogP contribution in [0.15, 0.2) is 55.1 Å². The summed E-state index contributed by atoms with van der Waals surface area (Å²) in [4.78, 5) is 2.72. The molecule has 1 aliphatic rings. The second-order valence-electron chi connectivity index (χ2n) is 3.78. The third kappa shape index (κ3) is 1.96. The van der Waals surface area contributed by atoms with Crippen LogP contribution in [0, 0.1) is 0 Å². The second kappa shape index (κ2) is 4.21. The average Bonchev–Trinajstić information content (AvgIpc) is 2.26. The van der Waals surface area contributed by atoms with E-state index < -0.39 is 0 Å². The monoisotopic (exact) mass is 354 g/mol. The molecule has 16 heavy (non-hydrogen) atoms. The van der Waals surface area contributed by atoms with Crippen molar-refractivity contribution in [3.63, 3.8) is 0 Å². The van der Waals surface area contributed by atoms with Gasteiger partial charge in [0, 0.05) is 18.7 Å². The molecule has 0 atom stereocenters. The third-order valence-electron chi connectivity index (χ3n) is 2.66. The molecule has 1 aliphatic heterocycles. The number of rotatable bonds is 0. The van der Waals surface area contributed by atoms with E-state index in [9.17, 15) is 0 Å². The Bertz CT molecular complexity index is 514. The summed E-state index contributed by atoms with van der Waals surface area (Å²) in [5.74, 6) is 0. The molecule has 3 rings (SSSR count). The summed E-state index contributed by atoms with van der Waals surface area (Å²) in [7, 11) is 0. The predicted octanol–water partition coefficient (Wildman–Crippen LogP) is 5.27. The van der Waals surface area contributed by atoms with E-state index in [1.54, 1.807) is 0 Å². The van der Waals surface area contributed by atoms with Gasteiger partial charge in [-0.2, -0.15) is 0 Å². The molecule has 0 radical (unpaired) electrons. The smallest absolute Gasteiger partial charge is 0.0186 e. The van der Waals surface area contributed by atoms with Crippen molar-refractivity contribution in [3.8, 4) is 0 Å². The minimum Gasteiger partial charge on any atom is -0.0894 e. The number of fused-ring (bicyclic) bond motifs is 2. The molecule has 80 valence electrons. The molecule has 0 unspecified atom stereocenters. The fourth-order valence-electron chi connectivity index (χ4n) is 1.86. The predicted molar refractivity (Wildman–Crippen MR) is 75.2 cm³/mol. The summed E-state index contributed by atoms with van der Waals surface area (Å²) in [5, 5.41) is 0. The molecule has 1 heterocycles. The van der Waals surface area contributed by atoms with Crippen LogP contribution in [0.2, 0.25) is 0 Å². The lowest BCUT2D eigenvalue weighted by Crippen LogP contribution is -1.99. The normalized spacial score (nSPS) is 13.1. The van der Waals surface area contributed by atoms with Crippen LogP contribution in [0.1, 0.15) is 11.1 Å². The average molecular weight is 356 g/mol. The summed E-state index contributed by atoms with van der Waals surface area (Å²) in [6.07, 6.45) is 1.04. The van der Waals surface area contributed by atoms with Gasteiger partial charge in [-0.3, -0.25) is 0 Å². The summed E-state index contributed by atoms with van der Waals surface area (Å²) < 4.78 is 2.30. The van der Waals surface area contributed by atoms with Gasteiger partial charge in [-0.05, 0) is 41.8 Å². The molecule has 0 amide bonds. The van der Waals surface area contributed by atoms with Gasteiger partial charge < -0.3 is 0 Å². The van der Waals surface area contributed by atoms with Gasteiger partial charge in [0.05, 0.1) is 0 Å². The first-order valence-corrected chi connectivity index (χ1v) is 7.37. The Labute approximate surface area is 116 Å². The Kier molecular flexibility index (Phi) is 2.86. The van der Waals surface area contributed by atoms with Crippen molar-refractivity contribution in [2.24, 2.45) is 0 Å². The van der Waals surface area contributed by atoms with Crippen LogP contribution in [0.4, 0.5) is 0 Å². The maximum Gasteiger partial charge on any atom is 0.0186 e. The Morgan fingerprint density at radius 3 is 1.81 bits per heavy atom. The molecule has 0 bridgehead atoms. The van der Waals surface area contributed by atoms with Crippen molar-refractivity contribution in [1.82, 2.24) is 0 Å². The number of hydrogen-bond acceptors (Lipinski definition) is 1. The van der Waals surface area contributed by atoms with Crippen molar-refractivity contribution in [1.29, 1.82) is 0 Å². The Hall–Kier alpha value is -0.250. The summed E-state index contributed by atoms with van der Waals surface area (Å²) in [5.41, 5.74) is 2.84. The van der Waals surface area contributed by atoms with Gasteiger partial charge in [-0.25, -0.2) is 0 Å².